The smallest absolute Gasteiger partial charge is 0.406 e. The largest absolute Gasteiger partial charge is 0.467 e. The third kappa shape index (κ3) is 5.98. The molecule has 25 heavy (non-hydrogen) atoms. The van der Waals surface area contributed by atoms with Crippen LogP contribution in [0.1, 0.15) is 28.6 Å². The van der Waals surface area contributed by atoms with Crippen molar-refractivity contribution < 1.29 is 27.2 Å². The molecule has 1 aromatic carbocycles. The summed E-state index contributed by atoms with van der Waals surface area (Å²) < 4.78 is 43.4. The van der Waals surface area contributed by atoms with E-state index in [1.165, 1.54) is 31.4 Å². The van der Waals surface area contributed by atoms with Crippen LogP contribution in [-0.2, 0) is 17.9 Å². The Kier molecular flexibility index (Phi) is 5.84. The summed E-state index contributed by atoms with van der Waals surface area (Å²) in [5.41, 5.74) is 0.863. The summed E-state index contributed by atoms with van der Waals surface area (Å²) in [5.74, 6) is -0.686. The molecule has 5 nitrogen and oxygen atoms in total. The molecule has 0 fully saturated rings. The molecule has 1 aromatic heterocycles. The third-order valence-electron chi connectivity index (χ3n) is 3.33. The first kappa shape index (κ1) is 18.6. The number of alkyl halides is 3. The Balaban J connectivity index is 2.13. The lowest BCUT2D eigenvalue weighted by Gasteiger charge is -2.23. The van der Waals surface area contributed by atoms with Gasteiger partial charge in [-0.25, -0.2) is 0 Å². The summed E-state index contributed by atoms with van der Waals surface area (Å²) >= 11 is 0. The number of nitrogens with zero attached hydrogens (tertiary/aromatic N) is 1. The molecule has 2 aromatic rings. The topological polar surface area (TPSA) is 62.6 Å². The van der Waals surface area contributed by atoms with Gasteiger partial charge in [-0.3, -0.25) is 9.59 Å². The molecule has 1 heterocycles. The van der Waals surface area contributed by atoms with E-state index < -0.39 is 18.6 Å². The van der Waals surface area contributed by atoms with Crippen LogP contribution in [0.2, 0.25) is 0 Å². The Morgan fingerprint density at radius 1 is 1.16 bits per heavy atom. The van der Waals surface area contributed by atoms with Crippen molar-refractivity contribution in [3.05, 3.63) is 59.5 Å². The second-order valence-corrected chi connectivity index (χ2v) is 5.46. The monoisotopic (exact) mass is 354 g/mol. The number of hydrogen-bond donors (Lipinski definition) is 1. The van der Waals surface area contributed by atoms with Crippen LogP contribution in [0.5, 0.6) is 0 Å². The van der Waals surface area contributed by atoms with Crippen molar-refractivity contribution in [3.8, 4) is 0 Å². The van der Waals surface area contributed by atoms with Gasteiger partial charge in [0.25, 0.3) is 5.91 Å². The number of carbonyl (C=O) groups excluding carboxylic acids is 2. The fourth-order valence-corrected chi connectivity index (χ4v) is 2.18. The van der Waals surface area contributed by atoms with Crippen LogP contribution in [0.3, 0.4) is 0 Å². The summed E-state index contributed by atoms with van der Waals surface area (Å²) in [6, 6.07) is 9.09. The number of furan rings is 1. The predicted molar refractivity (Wildman–Crippen MR) is 83.5 cm³/mol. The van der Waals surface area contributed by atoms with Crippen LogP contribution in [0.4, 0.5) is 13.2 Å². The average molecular weight is 354 g/mol. The molecule has 0 aliphatic heterocycles. The van der Waals surface area contributed by atoms with E-state index in [9.17, 15) is 22.8 Å². The van der Waals surface area contributed by atoms with Gasteiger partial charge >= 0.3 is 6.18 Å². The first-order valence-electron chi connectivity index (χ1n) is 7.46. The Labute approximate surface area is 142 Å². The van der Waals surface area contributed by atoms with E-state index in [0.29, 0.717) is 4.90 Å². The average Bonchev–Trinajstić information content (AvgIpc) is 3.04. The minimum Gasteiger partial charge on any atom is -0.467 e. The highest BCUT2D eigenvalue weighted by molar-refractivity contribution is 5.94. The maximum Gasteiger partial charge on any atom is 0.406 e. The fourth-order valence-electron chi connectivity index (χ4n) is 2.18. The van der Waals surface area contributed by atoms with Crippen molar-refractivity contribution in [2.75, 3.05) is 6.54 Å². The molecule has 0 spiro atoms. The van der Waals surface area contributed by atoms with Gasteiger partial charge in [-0.1, -0.05) is 12.1 Å². The number of benzene rings is 1. The number of halogens is 3. The van der Waals surface area contributed by atoms with Crippen molar-refractivity contribution in [2.45, 2.75) is 26.2 Å². The maximum atomic E-state index is 12.8. The highest BCUT2D eigenvalue weighted by Gasteiger charge is 2.33. The lowest BCUT2D eigenvalue weighted by molar-refractivity contribution is -0.142. The molecule has 1 N–H and O–H groups in total. The number of rotatable bonds is 6. The molecule has 0 aliphatic rings. The minimum absolute atomic E-state index is 0.127. The van der Waals surface area contributed by atoms with Crippen molar-refractivity contribution in [3.63, 3.8) is 0 Å². The molecule has 0 radical (unpaired) electrons. The molecule has 2 amide bonds. The molecule has 0 atom stereocenters. The zero-order valence-electron chi connectivity index (χ0n) is 13.5. The highest BCUT2D eigenvalue weighted by Crippen LogP contribution is 2.20. The number of nitrogens with one attached hydrogen (secondary N) is 1. The lowest BCUT2D eigenvalue weighted by atomic mass is 10.1. The first-order chi connectivity index (χ1) is 11.7. The van der Waals surface area contributed by atoms with Gasteiger partial charge in [0.1, 0.15) is 12.3 Å². The quantitative estimate of drug-likeness (QED) is 0.867. The zero-order valence-corrected chi connectivity index (χ0v) is 13.5. The van der Waals surface area contributed by atoms with E-state index in [2.05, 4.69) is 5.32 Å². The van der Waals surface area contributed by atoms with Gasteiger partial charge < -0.3 is 14.6 Å². The summed E-state index contributed by atoms with van der Waals surface area (Å²) in [6.45, 7) is 0.00315. The molecule has 134 valence electrons. The highest BCUT2D eigenvalue weighted by atomic mass is 19.4. The van der Waals surface area contributed by atoms with Gasteiger partial charge in [0.15, 0.2) is 0 Å². The van der Waals surface area contributed by atoms with Gasteiger partial charge in [-0.2, -0.15) is 13.2 Å². The SMILES string of the molecule is CC(=O)NCc1ccc(C(=O)N(Cc2ccco2)CC(F)(F)F)cc1. The van der Waals surface area contributed by atoms with Gasteiger partial charge in [-0.15, -0.1) is 0 Å². The van der Waals surface area contributed by atoms with E-state index in [0.717, 1.165) is 5.56 Å². The molecule has 0 unspecified atom stereocenters. The Bertz CT molecular complexity index is 710. The second-order valence-electron chi connectivity index (χ2n) is 5.46. The summed E-state index contributed by atoms with van der Waals surface area (Å²) in [6.07, 6.45) is -3.18. The van der Waals surface area contributed by atoms with Gasteiger partial charge in [0.2, 0.25) is 5.91 Å². The predicted octanol–water partition coefficient (Wildman–Crippen LogP) is 3.12. The Morgan fingerprint density at radius 3 is 2.36 bits per heavy atom. The van der Waals surface area contributed by atoms with E-state index in [1.54, 1.807) is 18.2 Å². The standard InChI is InChI=1S/C17H17F3N2O3/c1-12(23)21-9-13-4-6-14(7-5-13)16(24)22(11-17(18,19)20)10-15-3-2-8-25-15/h2-8H,9-11H2,1H3,(H,21,23). The van der Waals surface area contributed by atoms with Crippen LogP contribution < -0.4 is 5.32 Å². The van der Waals surface area contributed by atoms with Crippen molar-refractivity contribution in [1.82, 2.24) is 10.2 Å². The van der Waals surface area contributed by atoms with E-state index in [4.69, 9.17) is 4.42 Å². The molecule has 2 rings (SSSR count). The number of hydrogen-bond acceptors (Lipinski definition) is 3. The normalized spacial score (nSPS) is 11.2. The van der Waals surface area contributed by atoms with E-state index in [-0.39, 0.29) is 30.3 Å². The molecular weight excluding hydrogens is 337 g/mol. The van der Waals surface area contributed by atoms with E-state index >= 15 is 0 Å². The van der Waals surface area contributed by atoms with Gasteiger partial charge in [0.05, 0.1) is 12.8 Å². The summed E-state index contributed by atoms with van der Waals surface area (Å²) in [5, 5.41) is 2.60. The van der Waals surface area contributed by atoms with Crippen LogP contribution >= 0.6 is 0 Å². The Hall–Kier alpha value is -2.77. The molecule has 8 heteroatoms. The van der Waals surface area contributed by atoms with Crippen LogP contribution in [0, 0.1) is 0 Å². The Morgan fingerprint density at radius 2 is 1.84 bits per heavy atom. The number of carbonyl (C=O) groups is 2. The third-order valence-corrected chi connectivity index (χ3v) is 3.33. The fraction of sp³-hybridized carbons (Fsp3) is 0.294. The number of amides is 2. The molecular formula is C17H17F3N2O3. The van der Waals surface area contributed by atoms with Crippen LogP contribution in [-0.4, -0.2) is 29.4 Å². The zero-order chi connectivity index (χ0) is 18.4. The van der Waals surface area contributed by atoms with Gasteiger partial charge in [-0.05, 0) is 29.8 Å². The van der Waals surface area contributed by atoms with Crippen molar-refractivity contribution in [2.24, 2.45) is 0 Å². The van der Waals surface area contributed by atoms with Crippen LogP contribution in [0.15, 0.2) is 47.1 Å². The summed E-state index contributed by atoms with van der Waals surface area (Å²) in [7, 11) is 0. The molecule has 0 saturated carbocycles. The first-order valence-corrected chi connectivity index (χ1v) is 7.46. The van der Waals surface area contributed by atoms with Crippen LogP contribution in [0.25, 0.3) is 0 Å². The maximum absolute atomic E-state index is 12.8. The van der Waals surface area contributed by atoms with Crippen molar-refractivity contribution >= 4 is 11.8 Å². The van der Waals surface area contributed by atoms with Crippen molar-refractivity contribution in [1.29, 1.82) is 0 Å². The van der Waals surface area contributed by atoms with E-state index in [1.807, 2.05) is 0 Å². The minimum atomic E-state index is -4.52. The van der Waals surface area contributed by atoms with Gasteiger partial charge in [0, 0.05) is 19.0 Å². The lowest BCUT2D eigenvalue weighted by Crippen LogP contribution is -2.38. The second kappa shape index (κ2) is 7.87. The molecule has 0 bridgehead atoms. The summed E-state index contributed by atoms with van der Waals surface area (Å²) in [4.78, 5) is 24.0. The molecule has 0 saturated heterocycles. The molecule has 0 aliphatic carbocycles.